The molecule has 0 aliphatic carbocycles. The number of aromatic nitrogens is 5. The monoisotopic (exact) mass is 542 g/mol. The van der Waals surface area contributed by atoms with Gasteiger partial charge in [0.15, 0.2) is 5.65 Å². The van der Waals surface area contributed by atoms with Crippen LogP contribution in [0.15, 0.2) is 49.2 Å². The highest BCUT2D eigenvalue weighted by Gasteiger charge is 2.22. The molecule has 2 aliphatic rings. The van der Waals surface area contributed by atoms with Gasteiger partial charge in [0.05, 0.1) is 19.5 Å². The minimum absolute atomic E-state index is 0.0452. The average molecular weight is 543 g/mol. The third-order valence-corrected chi connectivity index (χ3v) is 7.34. The van der Waals surface area contributed by atoms with E-state index >= 15 is 0 Å². The minimum atomic E-state index is -0.0683. The fourth-order valence-corrected chi connectivity index (χ4v) is 5.22. The Morgan fingerprint density at radius 1 is 1.05 bits per heavy atom. The molecule has 0 saturated carbocycles. The van der Waals surface area contributed by atoms with Crippen molar-refractivity contribution in [2.24, 2.45) is 0 Å². The first-order chi connectivity index (χ1) is 19.7. The van der Waals surface area contributed by atoms with Crippen molar-refractivity contribution >= 4 is 34.3 Å². The van der Waals surface area contributed by atoms with Crippen molar-refractivity contribution < 1.29 is 14.3 Å². The van der Waals surface area contributed by atoms with Crippen LogP contribution in [-0.2, 0) is 14.3 Å². The molecule has 6 rings (SSSR count). The maximum atomic E-state index is 12.8. The molecule has 0 radical (unpaired) electrons. The van der Waals surface area contributed by atoms with Crippen LogP contribution in [-0.4, -0.2) is 74.8 Å². The molecule has 40 heavy (non-hydrogen) atoms. The van der Waals surface area contributed by atoms with Crippen molar-refractivity contribution in [2.75, 3.05) is 50.1 Å². The number of imidazole rings is 1. The molecular formula is C29H34N8O3. The van der Waals surface area contributed by atoms with Crippen LogP contribution in [0.1, 0.15) is 37.5 Å². The van der Waals surface area contributed by atoms with Gasteiger partial charge in [0.2, 0.25) is 5.91 Å². The Labute approximate surface area is 233 Å². The highest BCUT2D eigenvalue weighted by molar-refractivity contribution is 5.94. The summed E-state index contributed by atoms with van der Waals surface area (Å²) in [6.45, 7) is 6.13. The number of benzene rings is 1. The normalized spacial score (nSPS) is 18.4. The third-order valence-electron chi connectivity index (χ3n) is 7.34. The summed E-state index contributed by atoms with van der Waals surface area (Å²) in [6.07, 6.45) is 9.09. The summed E-state index contributed by atoms with van der Waals surface area (Å²) in [5.74, 6) is 0.596. The first kappa shape index (κ1) is 26.3. The van der Waals surface area contributed by atoms with Crippen LogP contribution in [0.25, 0.3) is 22.4 Å². The average Bonchev–Trinajstić information content (AvgIpc) is 3.25. The summed E-state index contributed by atoms with van der Waals surface area (Å²) in [5.41, 5.74) is 5.52. The summed E-state index contributed by atoms with van der Waals surface area (Å²) in [7, 11) is 0. The second-order valence-electron chi connectivity index (χ2n) is 10.2. The number of carbonyl (C=O) groups excluding carboxylic acids is 1. The fraction of sp³-hybridized carbons (Fsp3) is 0.414. The lowest BCUT2D eigenvalue weighted by Gasteiger charge is -2.23. The maximum Gasteiger partial charge on any atom is 0.238 e. The Balaban J connectivity index is 1.24. The van der Waals surface area contributed by atoms with Crippen LogP contribution in [0.2, 0.25) is 0 Å². The molecule has 3 aromatic heterocycles. The van der Waals surface area contributed by atoms with Gasteiger partial charge >= 0.3 is 0 Å². The van der Waals surface area contributed by atoms with E-state index in [9.17, 15) is 4.79 Å². The van der Waals surface area contributed by atoms with Crippen molar-refractivity contribution in [2.45, 2.75) is 38.8 Å². The standard InChI is InChI=1S/C29H34N8O3/c1-20-8-9-21(34-24(38)17-36-11-5-13-39-15-12-36)16-23(20)35-28-22(6-4-10-30-28)26-27-29(32-18-31-26)37(19-33-27)25-7-2-3-14-40-25/h4,6,8-10,16,18-19,25H,2-3,5,7,11-15,17H2,1H3,(H,30,35)(H,34,38). The minimum Gasteiger partial charge on any atom is -0.380 e. The summed E-state index contributed by atoms with van der Waals surface area (Å²) in [4.78, 5) is 33.3. The highest BCUT2D eigenvalue weighted by Crippen LogP contribution is 2.34. The molecule has 4 aromatic rings. The molecule has 208 valence electrons. The van der Waals surface area contributed by atoms with E-state index in [1.54, 1.807) is 18.9 Å². The smallest absolute Gasteiger partial charge is 0.238 e. The highest BCUT2D eigenvalue weighted by atomic mass is 16.5. The van der Waals surface area contributed by atoms with Crippen LogP contribution < -0.4 is 10.6 Å². The number of nitrogens with one attached hydrogen (secondary N) is 2. The number of hydrogen-bond donors (Lipinski definition) is 2. The lowest BCUT2D eigenvalue weighted by molar-refractivity contribution is -0.117. The van der Waals surface area contributed by atoms with Crippen molar-refractivity contribution in [1.82, 2.24) is 29.4 Å². The van der Waals surface area contributed by atoms with Gasteiger partial charge in [-0.2, -0.15) is 0 Å². The number of hydrogen-bond acceptors (Lipinski definition) is 9. The Bertz CT molecular complexity index is 1480. The molecule has 0 bridgehead atoms. The summed E-state index contributed by atoms with van der Waals surface area (Å²) in [5, 5.41) is 6.51. The number of pyridine rings is 1. The van der Waals surface area contributed by atoms with Crippen LogP contribution in [0.4, 0.5) is 17.2 Å². The van der Waals surface area contributed by atoms with Gasteiger partial charge in [-0.25, -0.2) is 19.9 Å². The van der Waals surface area contributed by atoms with E-state index in [0.29, 0.717) is 30.2 Å². The molecule has 2 aliphatic heterocycles. The van der Waals surface area contributed by atoms with E-state index in [2.05, 4.69) is 35.5 Å². The zero-order valence-corrected chi connectivity index (χ0v) is 22.7. The van der Waals surface area contributed by atoms with Crippen molar-refractivity contribution in [3.05, 3.63) is 54.7 Å². The summed E-state index contributed by atoms with van der Waals surface area (Å²) in [6, 6.07) is 9.68. The molecule has 2 saturated heterocycles. The maximum absolute atomic E-state index is 12.8. The molecule has 1 amide bonds. The van der Waals surface area contributed by atoms with Crippen LogP contribution >= 0.6 is 0 Å². The molecule has 2 fully saturated rings. The zero-order chi connectivity index (χ0) is 27.3. The second kappa shape index (κ2) is 12.1. The number of ether oxygens (including phenoxy) is 2. The quantitative estimate of drug-likeness (QED) is 0.352. The molecule has 1 aromatic carbocycles. The van der Waals surface area contributed by atoms with E-state index in [4.69, 9.17) is 9.47 Å². The molecule has 2 N–H and O–H groups in total. The predicted molar refractivity (Wildman–Crippen MR) is 152 cm³/mol. The first-order valence-electron chi connectivity index (χ1n) is 13.9. The molecule has 11 nitrogen and oxygen atoms in total. The number of anilines is 3. The van der Waals surface area contributed by atoms with Crippen molar-refractivity contribution in [3.8, 4) is 11.3 Å². The third kappa shape index (κ3) is 5.81. The molecule has 11 heteroatoms. The van der Waals surface area contributed by atoms with E-state index in [-0.39, 0.29) is 12.1 Å². The Hall–Kier alpha value is -3.93. The lowest BCUT2D eigenvalue weighted by Crippen LogP contribution is -2.34. The lowest BCUT2D eigenvalue weighted by atomic mass is 10.1. The molecule has 5 heterocycles. The van der Waals surface area contributed by atoms with Gasteiger partial charge in [0.1, 0.15) is 29.6 Å². The van der Waals surface area contributed by atoms with Gasteiger partial charge in [-0.1, -0.05) is 6.07 Å². The van der Waals surface area contributed by atoms with Crippen LogP contribution in [0.3, 0.4) is 0 Å². The largest absolute Gasteiger partial charge is 0.380 e. The Morgan fingerprint density at radius 2 is 2.00 bits per heavy atom. The van der Waals surface area contributed by atoms with E-state index < -0.39 is 0 Å². The number of carbonyl (C=O) groups is 1. The van der Waals surface area contributed by atoms with Gasteiger partial charge in [0.25, 0.3) is 0 Å². The van der Waals surface area contributed by atoms with Crippen LogP contribution in [0.5, 0.6) is 0 Å². The van der Waals surface area contributed by atoms with Gasteiger partial charge < -0.3 is 20.1 Å². The summed E-state index contributed by atoms with van der Waals surface area (Å²) >= 11 is 0. The number of nitrogens with zero attached hydrogens (tertiary/aromatic N) is 6. The van der Waals surface area contributed by atoms with Crippen LogP contribution in [0, 0.1) is 6.92 Å². The number of rotatable bonds is 7. The molecule has 1 unspecified atom stereocenters. The number of amides is 1. The topological polar surface area (TPSA) is 119 Å². The Morgan fingerprint density at radius 3 is 2.90 bits per heavy atom. The number of fused-ring (bicyclic) bond motifs is 1. The first-order valence-corrected chi connectivity index (χ1v) is 13.9. The fourth-order valence-electron chi connectivity index (χ4n) is 5.22. The van der Waals surface area contributed by atoms with Crippen molar-refractivity contribution in [3.63, 3.8) is 0 Å². The van der Waals surface area contributed by atoms with Gasteiger partial charge in [0, 0.05) is 49.4 Å². The van der Waals surface area contributed by atoms with E-state index in [1.165, 1.54) is 0 Å². The number of aryl methyl sites for hydroxylation is 1. The van der Waals surface area contributed by atoms with Crippen molar-refractivity contribution in [1.29, 1.82) is 0 Å². The second-order valence-corrected chi connectivity index (χ2v) is 10.2. The zero-order valence-electron chi connectivity index (χ0n) is 22.7. The molecule has 1 atom stereocenters. The van der Waals surface area contributed by atoms with E-state index in [1.807, 2.05) is 41.8 Å². The van der Waals surface area contributed by atoms with Gasteiger partial charge in [-0.15, -0.1) is 0 Å². The van der Waals surface area contributed by atoms with E-state index in [0.717, 1.165) is 80.1 Å². The molecular weight excluding hydrogens is 508 g/mol. The predicted octanol–water partition coefficient (Wildman–Crippen LogP) is 4.30. The van der Waals surface area contributed by atoms with Gasteiger partial charge in [-0.3, -0.25) is 14.3 Å². The van der Waals surface area contributed by atoms with Gasteiger partial charge in [-0.05, 0) is 62.4 Å². The molecule has 0 spiro atoms. The SMILES string of the molecule is Cc1ccc(NC(=O)CN2CCCOCC2)cc1Nc1ncccc1-c1ncnc2c1ncn2C1CCCCO1. The Kier molecular flexibility index (Phi) is 7.94. The summed E-state index contributed by atoms with van der Waals surface area (Å²) < 4.78 is 13.5.